The van der Waals surface area contributed by atoms with E-state index in [-0.39, 0.29) is 24.6 Å². The Morgan fingerprint density at radius 3 is 2.50 bits per heavy atom. The lowest BCUT2D eigenvalue weighted by Crippen LogP contribution is -2.39. The van der Waals surface area contributed by atoms with Gasteiger partial charge in [0.1, 0.15) is 11.4 Å². The van der Waals surface area contributed by atoms with Gasteiger partial charge in [-0.05, 0) is 29.8 Å². The minimum Gasteiger partial charge on any atom is -0.481 e. The molecule has 0 saturated carbocycles. The van der Waals surface area contributed by atoms with E-state index in [0.29, 0.717) is 22.1 Å². The van der Waals surface area contributed by atoms with Crippen molar-refractivity contribution in [3.8, 4) is 0 Å². The van der Waals surface area contributed by atoms with E-state index in [1.807, 2.05) is 0 Å². The van der Waals surface area contributed by atoms with Crippen molar-refractivity contribution in [2.75, 3.05) is 6.54 Å². The highest BCUT2D eigenvalue weighted by molar-refractivity contribution is 6.01. The molecule has 3 aromatic rings. The number of carboxylic acids is 1. The summed E-state index contributed by atoms with van der Waals surface area (Å²) < 4.78 is 5.47. The predicted molar refractivity (Wildman–Crippen MR) is 109 cm³/mol. The second-order valence-electron chi connectivity index (χ2n) is 6.59. The molecule has 154 valence electrons. The number of hydrogen-bond acceptors (Lipinski definition) is 5. The molecule has 0 spiro atoms. The van der Waals surface area contributed by atoms with E-state index in [2.05, 4.69) is 10.6 Å². The molecule has 1 aromatic heterocycles. The molecule has 0 fully saturated rings. The Kier molecular flexibility index (Phi) is 6.11. The Labute approximate surface area is 171 Å². The number of nitrogens with one attached hydrogen (secondary N) is 3. The SMILES string of the molecule is N=C(N)c1ccc2oc(C(=O)NCC(=O)NC(CC(=O)O)c3ccccc3)cc2c1. The van der Waals surface area contributed by atoms with Crippen LogP contribution in [0.2, 0.25) is 0 Å². The van der Waals surface area contributed by atoms with Crippen molar-refractivity contribution in [1.29, 1.82) is 5.41 Å². The molecule has 1 heterocycles. The Hall–Kier alpha value is -4.14. The molecule has 2 amide bonds. The molecule has 0 saturated heterocycles. The Morgan fingerprint density at radius 1 is 1.10 bits per heavy atom. The first-order valence-corrected chi connectivity index (χ1v) is 9.06. The van der Waals surface area contributed by atoms with Crippen molar-refractivity contribution in [3.05, 3.63) is 71.5 Å². The van der Waals surface area contributed by atoms with Gasteiger partial charge < -0.3 is 25.9 Å². The lowest BCUT2D eigenvalue weighted by Gasteiger charge is -2.17. The van der Waals surface area contributed by atoms with Crippen molar-refractivity contribution < 1.29 is 23.9 Å². The lowest BCUT2D eigenvalue weighted by molar-refractivity contribution is -0.137. The summed E-state index contributed by atoms with van der Waals surface area (Å²) in [5.74, 6) is -2.28. The molecule has 2 aromatic carbocycles. The Bertz CT molecular complexity index is 1110. The molecule has 0 aliphatic carbocycles. The molecule has 0 aliphatic rings. The zero-order chi connectivity index (χ0) is 21.7. The smallest absolute Gasteiger partial charge is 0.305 e. The number of benzene rings is 2. The average Bonchev–Trinajstić information content (AvgIpc) is 3.15. The number of hydrogen-bond donors (Lipinski definition) is 5. The zero-order valence-electron chi connectivity index (χ0n) is 15.8. The van der Waals surface area contributed by atoms with Gasteiger partial charge in [0.2, 0.25) is 5.91 Å². The highest BCUT2D eigenvalue weighted by atomic mass is 16.4. The quantitative estimate of drug-likeness (QED) is 0.282. The highest BCUT2D eigenvalue weighted by Crippen LogP contribution is 2.21. The van der Waals surface area contributed by atoms with Gasteiger partial charge in [-0.15, -0.1) is 0 Å². The predicted octanol–water partition coefficient (Wildman–Crippen LogP) is 1.78. The van der Waals surface area contributed by atoms with Gasteiger partial charge in [0, 0.05) is 10.9 Å². The van der Waals surface area contributed by atoms with E-state index in [1.54, 1.807) is 48.5 Å². The first-order valence-electron chi connectivity index (χ1n) is 9.06. The minimum absolute atomic E-state index is 0.00338. The van der Waals surface area contributed by atoms with Crippen LogP contribution in [0.1, 0.15) is 34.1 Å². The van der Waals surface area contributed by atoms with Crippen molar-refractivity contribution in [2.45, 2.75) is 12.5 Å². The van der Waals surface area contributed by atoms with Crippen LogP contribution in [0.4, 0.5) is 0 Å². The topological polar surface area (TPSA) is 159 Å². The van der Waals surface area contributed by atoms with E-state index in [9.17, 15) is 14.4 Å². The number of nitrogens with two attached hydrogens (primary N) is 1. The average molecular weight is 408 g/mol. The molecular weight excluding hydrogens is 388 g/mol. The molecule has 1 atom stereocenters. The fourth-order valence-corrected chi connectivity index (χ4v) is 2.93. The summed E-state index contributed by atoms with van der Waals surface area (Å²) in [5.41, 5.74) is 7.05. The van der Waals surface area contributed by atoms with Crippen LogP contribution in [0.15, 0.2) is 59.0 Å². The van der Waals surface area contributed by atoms with Gasteiger partial charge in [0.05, 0.1) is 19.0 Å². The summed E-state index contributed by atoms with van der Waals surface area (Å²) in [5, 5.41) is 22.2. The van der Waals surface area contributed by atoms with Crippen LogP contribution >= 0.6 is 0 Å². The largest absolute Gasteiger partial charge is 0.481 e. The zero-order valence-corrected chi connectivity index (χ0v) is 15.8. The van der Waals surface area contributed by atoms with E-state index in [1.165, 1.54) is 6.07 Å². The van der Waals surface area contributed by atoms with Crippen LogP contribution in [0.5, 0.6) is 0 Å². The number of amides is 2. The van der Waals surface area contributed by atoms with Crippen molar-refractivity contribution in [2.24, 2.45) is 5.73 Å². The maximum atomic E-state index is 12.3. The van der Waals surface area contributed by atoms with E-state index in [0.717, 1.165) is 0 Å². The van der Waals surface area contributed by atoms with Crippen molar-refractivity contribution in [3.63, 3.8) is 0 Å². The molecule has 0 bridgehead atoms. The van der Waals surface area contributed by atoms with Gasteiger partial charge in [-0.3, -0.25) is 19.8 Å². The third-order valence-electron chi connectivity index (χ3n) is 4.38. The Balaban J connectivity index is 1.63. The van der Waals surface area contributed by atoms with E-state index < -0.39 is 23.8 Å². The molecule has 9 nitrogen and oxygen atoms in total. The van der Waals surface area contributed by atoms with Gasteiger partial charge in [-0.25, -0.2) is 0 Å². The number of nitrogen functional groups attached to an aromatic ring is 1. The molecular formula is C21H20N4O5. The van der Waals surface area contributed by atoms with Crippen LogP contribution in [-0.2, 0) is 9.59 Å². The van der Waals surface area contributed by atoms with E-state index in [4.69, 9.17) is 20.7 Å². The summed E-state index contributed by atoms with van der Waals surface area (Å²) in [7, 11) is 0. The molecule has 0 radical (unpaired) electrons. The summed E-state index contributed by atoms with van der Waals surface area (Å²) in [4.78, 5) is 35.7. The van der Waals surface area contributed by atoms with Gasteiger partial charge in [0.15, 0.2) is 5.76 Å². The molecule has 0 aliphatic heterocycles. The molecule has 9 heteroatoms. The highest BCUT2D eigenvalue weighted by Gasteiger charge is 2.19. The van der Waals surface area contributed by atoms with Gasteiger partial charge in [0.25, 0.3) is 5.91 Å². The fourth-order valence-electron chi connectivity index (χ4n) is 2.93. The number of rotatable bonds is 8. The number of fused-ring (bicyclic) bond motifs is 1. The number of carbonyl (C=O) groups excluding carboxylic acids is 2. The standard InChI is InChI=1S/C21H20N4O5/c22-20(23)13-6-7-16-14(8-13)9-17(30-16)21(29)24-11-18(26)25-15(10-19(27)28)12-4-2-1-3-5-12/h1-9,15H,10-11H2,(H3,22,23)(H,24,29)(H,25,26)(H,27,28). The van der Waals surface area contributed by atoms with Crippen LogP contribution in [-0.4, -0.2) is 35.3 Å². The third kappa shape index (κ3) is 5.02. The van der Waals surface area contributed by atoms with Crippen LogP contribution in [0, 0.1) is 5.41 Å². The van der Waals surface area contributed by atoms with Gasteiger partial charge >= 0.3 is 5.97 Å². The van der Waals surface area contributed by atoms with Crippen LogP contribution in [0.3, 0.4) is 0 Å². The Morgan fingerprint density at radius 2 is 1.83 bits per heavy atom. The molecule has 6 N–H and O–H groups in total. The fraction of sp³-hybridized carbons (Fsp3) is 0.143. The maximum absolute atomic E-state index is 12.3. The summed E-state index contributed by atoms with van der Waals surface area (Å²) >= 11 is 0. The molecule has 1 unspecified atom stereocenters. The third-order valence-corrected chi connectivity index (χ3v) is 4.38. The summed E-state index contributed by atoms with van der Waals surface area (Å²) in [6.45, 7) is -0.350. The van der Waals surface area contributed by atoms with Crippen LogP contribution in [0.25, 0.3) is 11.0 Å². The van der Waals surface area contributed by atoms with E-state index >= 15 is 0 Å². The van der Waals surface area contributed by atoms with Gasteiger partial charge in [-0.2, -0.15) is 0 Å². The first kappa shape index (κ1) is 20.6. The summed E-state index contributed by atoms with van der Waals surface area (Å²) in [6, 6.07) is 14.3. The number of carbonyl (C=O) groups is 3. The van der Waals surface area contributed by atoms with Crippen molar-refractivity contribution >= 4 is 34.6 Å². The van der Waals surface area contributed by atoms with Crippen LogP contribution < -0.4 is 16.4 Å². The lowest BCUT2D eigenvalue weighted by atomic mass is 10.0. The minimum atomic E-state index is -1.06. The summed E-state index contributed by atoms with van der Waals surface area (Å²) in [6.07, 6.45) is -0.286. The molecule has 30 heavy (non-hydrogen) atoms. The number of aliphatic carboxylic acids is 1. The second kappa shape index (κ2) is 8.91. The molecule has 3 rings (SSSR count). The van der Waals surface area contributed by atoms with Gasteiger partial charge in [-0.1, -0.05) is 30.3 Å². The first-order chi connectivity index (χ1) is 14.3. The number of furan rings is 1. The second-order valence-corrected chi connectivity index (χ2v) is 6.59. The monoisotopic (exact) mass is 408 g/mol. The normalized spacial score (nSPS) is 11.6. The van der Waals surface area contributed by atoms with Crippen molar-refractivity contribution in [1.82, 2.24) is 10.6 Å². The number of carboxylic acid groups (broad SMARTS) is 1. The number of amidine groups is 1. The maximum Gasteiger partial charge on any atom is 0.305 e.